The van der Waals surface area contributed by atoms with Crippen molar-refractivity contribution in [1.29, 1.82) is 0 Å². The minimum Gasteiger partial charge on any atom is -0.388 e. The summed E-state index contributed by atoms with van der Waals surface area (Å²) in [6, 6.07) is 0.536. The Kier molecular flexibility index (Phi) is 2.05. The smallest absolute Gasteiger partial charge is 0.159 e. The summed E-state index contributed by atoms with van der Waals surface area (Å²) < 4.78 is 2.20. The molecule has 2 fully saturated rings. The molecule has 0 aliphatic heterocycles. The van der Waals surface area contributed by atoms with Crippen LogP contribution in [0.15, 0.2) is 0 Å². The van der Waals surface area contributed by atoms with Gasteiger partial charge in [0.05, 0.1) is 0 Å². The van der Waals surface area contributed by atoms with E-state index in [1.807, 2.05) is 0 Å². The number of rotatable bonds is 3. The first-order valence-corrected chi connectivity index (χ1v) is 6.45. The van der Waals surface area contributed by atoms with E-state index >= 15 is 0 Å². The van der Waals surface area contributed by atoms with Gasteiger partial charge in [-0.2, -0.15) is 0 Å². The monoisotopic (exact) mass is 235 g/mol. The van der Waals surface area contributed by atoms with Crippen LogP contribution >= 0.6 is 0 Å². The van der Waals surface area contributed by atoms with Crippen molar-refractivity contribution in [2.24, 2.45) is 10.8 Å². The standard InChI is InChI=1S/C13H21N3O/c1-12(2)10(13(12,3)4)11-15-14-9(7-17)16(11)8-5-6-8/h8,10,17H,5-7H2,1-4H3. The maximum Gasteiger partial charge on any atom is 0.159 e. The third-order valence-electron chi connectivity index (χ3n) is 5.13. The van der Waals surface area contributed by atoms with E-state index in [1.165, 1.54) is 12.8 Å². The van der Waals surface area contributed by atoms with Crippen molar-refractivity contribution in [3.8, 4) is 0 Å². The predicted octanol–water partition coefficient (Wildman–Crippen LogP) is 2.25. The van der Waals surface area contributed by atoms with Gasteiger partial charge in [0.15, 0.2) is 5.82 Å². The van der Waals surface area contributed by atoms with Gasteiger partial charge in [-0.3, -0.25) is 0 Å². The van der Waals surface area contributed by atoms with Gasteiger partial charge in [0.1, 0.15) is 12.4 Å². The number of hydrogen-bond donors (Lipinski definition) is 1. The van der Waals surface area contributed by atoms with E-state index in [0.717, 1.165) is 11.6 Å². The second kappa shape index (κ2) is 3.10. The quantitative estimate of drug-likeness (QED) is 0.874. The lowest BCUT2D eigenvalue weighted by molar-refractivity contribution is 0.264. The van der Waals surface area contributed by atoms with Crippen LogP contribution in [0.3, 0.4) is 0 Å². The molecular formula is C13H21N3O. The van der Waals surface area contributed by atoms with E-state index in [1.54, 1.807) is 0 Å². The highest BCUT2D eigenvalue weighted by atomic mass is 16.3. The summed E-state index contributed by atoms with van der Waals surface area (Å²) >= 11 is 0. The molecule has 3 rings (SSSR count). The maximum absolute atomic E-state index is 9.35. The van der Waals surface area contributed by atoms with Crippen LogP contribution in [0.5, 0.6) is 0 Å². The lowest BCUT2D eigenvalue weighted by Gasteiger charge is -2.08. The summed E-state index contributed by atoms with van der Waals surface area (Å²) in [6.07, 6.45) is 2.40. The lowest BCUT2D eigenvalue weighted by Crippen LogP contribution is -2.07. The zero-order valence-corrected chi connectivity index (χ0v) is 11.1. The van der Waals surface area contributed by atoms with Gasteiger partial charge in [-0.05, 0) is 23.7 Å². The molecule has 0 spiro atoms. The summed E-state index contributed by atoms with van der Waals surface area (Å²) in [6.45, 7) is 9.17. The SMILES string of the molecule is CC1(C)C(c2nnc(CO)n2C2CC2)C1(C)C. The van der Waals surface area contributed by atoms with Crippen molar-refractivity contribution in [3.63, 3.8) is 0 Å². The molecule has 1 N–H and O–H groups in total. The van der Waals surface area contributed by atoms with Crippen LogP contribution < -0.4 is 0 Å². The second-order valence-corrected chi connectivity index (χ2v) is 6.61. The molecule has 0 saturated heterocycles. The van der Waals surface area contributed by atoms with Crippen LogP contribution in [0.4, 0.5) is 0 Å². The summed E-state index contributed by atoms with van der Waals surface area (Å²) in [5.41, 5.74) is 0.554. The van der Waals surface area contributed by atoms with E-state index in [2.05, 4.69) is 42.5 Å². The van der Waals surface area contributed by atoms with Crippen LogP contribution in [0.1, 0.15) is 64.1 Å². The van der Waals surface area contributed by atoms with Gasteiger partial charge in [0, 0.05) is 12.0 Å². The highest BCUT2D eigenvalue weighted by Gasteiger charge is 2.67. The van der Waals surface area contributed by atoms with Gasteiger partial charge >= 0.3 is 0 Å². The first-order chi connectivity index (χ1) is 7.91. The van der Waals surface area contributed by atoms with Crippen LogP contribution in [0, 0.1) is 10.8 Å². The second-order valence-electron chi connectivity index (χ2n) is 6.61. The molecule has 2 aliphatic carbocycles. The summed E-state index contributed by atoms with van der Waals surface area (Å²) in [4.78, 5) is 0. The van der Waals surface area contributed by atoms with Gasteiger partial charge in [-0.1, -0.05) is 27.7 Å². The van der Waals surface area contributed by atoms with Crippen LogP contribution in [-0.4, -0.2) is 19.9 Å². The van der Waals surface area contributed by atoms with Crippen LogP contribution in [-0.2, 0) is 6.61 Å². The van der Waals surface area contributed by atoms with Crippen molar-refractivity contribution in [1.82, 2.24) is 14.8 Å². The fraction of sp³-hybridized carbons (Fsp3) is 0.846. The summed E-state index contributed by atoms with van der Waals surface area (Å²) in [5.74, 6) is 2.29. The topological polar surface area (TPSA) is 50.9 Å². The molecule has 0 atom stereocenters. The molecule has 0 aromatic carbocycles. The molecule has 0 unspecified atom stereocenters. The minimum absolute atomic E-state index is 0.00290. The first kappa shape index (κ1) is 11.2. The predicted molar refractivity (Wildman–Crippen MR) is 64.5 cm³/mol. The molecule has 17 heavy (non-hydrogen) atoms. The molecule has 0 bridgehead atoms. The number of aliphatic hydroxyl groups excluding tert-OH is 1. The molecule has 4 heteroatoms. The molecule has 2 saturated carbocycles. The van der Waals surface area contributed by atoms with Crippen LogP contribution in [0.2, 0.25) is 0 Å². The Morgan fingerprint density at radius 1 is 1.18 bits per heavy atom. The van der Waals surface area contributed by atoms with Crippen molar-refractivity contribution in [3.05, 3.63) is 11.6 Å². The van der Waals surface area contributed by atoms with E-state index in [9.17, 15) is 5.11 Å². The molecule has 0 amide bonds. The number of hydrogen-bond acceptors (Lipinski definition) is 3. The Hall–Kier alpha value is -0.900. The molecule has 4 nitrogen and oxygen atoms in total. The van der Waals surface area contributed by atoms with Crippen molar-refractivity contribution in [2.75, 3.05) is 0 Å². The van der Waals surface area contributed by atoms with E-state index < -0.39 is 0 Å². The molecule has 1 heterocycles. The third-order valence-corrected chi connectivity index (χ3v) is 5.13. The largest absolute Gasteiger partial charge is 0.388 e. The van der Waals surface area contributed by atoms with Crippen molar-refractivity contribution >= 4 is 0 Å². The van der Waals surface area contributed by atoms with E-state index in [0.29, 0.717) is 12.0 Å². The van der Waals surface area contributed by atoms with Gasteiger partial charge < -0.3 is 9.67 Å². The first-order valence-electron chi connectivity index (χ1n) is 6.45. The van der Waals surface area contributed by atoms with Crippen molar-refractivity contribution in [2.45, 2.75) is 59.1 Å². The Morgan fingerprint density at radius 3 is 2.18 bits per heavy atom. The average Bonchev–Trinajstić information content (AvgIpc) is 3.08. The molecule has 0 radical (unpaired) electrons. The Bertz CT molecular complexity index is 443. The highest BCUT2D eigenvalue weighted by molar-refractivity contribution is 5.28. The molecule has 2 aliphatic rings. The fourth-order valence-corrected chi connectivity index (χ4v) is 3.21. The molecular weight excluding hydrogens is 214 g/mol. The Balaban J connectivity index is 2.02. The van der Waals surface area contributed by atoms with Gasteiger partial charge in [-0.25, -0.2) is 0 Å². The fourth-order valence-electron chi connectivity index (χ4n) is 3.21. The zero-order valence-electron chi connectivity index (χ0n) is 11.1. The highest BCUT2D eigenvalue weighted by Crippen LogP contribution is 2.73. The molecule has 1 aromatic heterocycles. The summed E-state index contributed by atoms with van der Waals surface area (Å²) in [7, 11) is 0. The Labute approximate surface area is 102 Å². The number of aromatic nitrogens is 3. The van der Waals surface area contributed by atoms with E-state index in [-0.39, 0.29) is 17.4 Å². The van der Waals surface area contributed by atoms with Gasteiger partial charge in [-0.15, -0.1) is 10.2 Å². The third kappa shape index (κ3) is 1.33. The zero-order chi connectivity index (χ0) is 12.4. The van der Waals surface area contributed by atoms with Gasteiger partial charge in [0.25, 0.3) is 0 Å². The summed E-state index contributed by atoms with van der Waals surface area (Å²) in [5, 5.41) is 17.9. The van der Waals surface area contributed by atoms with Crippen LogP contribution in [0.25, 0.3) is 0 Å². The minimum atomic E-state index is -0.00290. The average molecular weight is 235 g/mol. The number of aliphatic hydroxyl groups is 1. The number of nitrogens with zero attached hydrogens (tertiary/aromatic N) is 3. The maximum atomic E-state index is 9.35. The normalized spacial score (nSPS) is 26.2. The molecule has 1 aromatic rings. The molecule has 94 valence electrons. The van der Waals surface area contributed by atoms with Gasteiger partial charge in [0.2, 0.25) is 0 Å². The van der Waals surface area contributed by atoms with Crippen molar-refractivity contribution < 1.29 is 5.11 Å². The Morgan fingerprint density at radius 2 is 1.76 bits per heavy atom. The van der Waals surface area contributed by atoms with E-state index in [4.69, 9.17) is 0 Å². The lowest BCUT2D eigenvalue weighted by atomic mass is 10.0.